The van der Waals surface area contributed by atoms with Crippen LogP contribution < -0.4 is 5.32 Å². The molecule has 5 heteroatoms. The first kappa shape index (κ1) is 9.05. The third-order valence-corrected chi connectivity index (χ3v) is 2.26. The number of imidazole rings is 1. The predicted octanol–water partition coefficient (Wildman–Crippen LogP) is 0.400. The molecule has 1 aliphatic heterocycles. The van der Waals surface area contributed by atoms with Gasteiger partial charge in [-0.1, -0.05) is 0 Å². The number of hydrogen-bond donors (Lipinski definition) is 1. The fourth-order valence-electron chi connectivity index (χ4n) is 1.51. The van der Waals surface area contributed by atoms with Crippen LogP contribution in [0.1, 0.15) is 16.9 Å². The van der Waals surface area contributed by atoms with E-state index in [1.54, 1.807) is 14.1 Å². The largest absolute Gasteiger partial charge is 0.356 e. The summed E-state index contributed by atoms with van der Waals surface area (Å²) in [6, 6.07) is 0. The molecular weight excluding hydrogens is 180 g/mol. The van der Waals surface area contributed by atoms with Crippen molar-refractivity contribution < 1.29 is 4.79 Å². The number of amides is 1. The van der Waals surface area contributed by atoms with Gasteiger partial charge in [-0.3, -0.25) is 4.79 Å². The molecule has 0 bridgehead atoms. The molecule has 0 fully saturated rings. The lowest BCUT2D eigenvalue weighted by Gasteiger charge is -2.14. The Morgan fingerprint density at radius 1 is 1.64 bits per heavy atom. The molecular formula is C9H14N4O. The topological polar surface area (TPSA) is 50.2 Å². The molecule has 1 N–H and O–H groups in total. The molecule has 1 aliphatic rings. The number of nitrogens with one attached hydrogen (secondary N) is 1. The summed E-state index contributed by atoms with van der Waals surface area (Å²) in [5.41, 5.74) is 0.513. The van der Waals surface area contributed by atoms with Crippen LogP contribution in [0.15, 0.2) is 6.20 Å². The van der Waals surface area contributed by atoms with Gasteiger partial charge in [0.1, 0.15) is 5.69 Å². The normalized spacial score (nSPS) is 14.4. The summed E-state index contributed by atoms with van der Waals surface area (Å²) in [7, 11) is 3.46. The number of hydrogen-bond acceptors (Lipinski definition) is 3. The van der Waals surface area contributed by atoms with Gasteiger partial charge in [0, 0.05) is 33.4 Å². The zero-order valence-corrected chi connectivity index (χ0v) is 8.45. The zero-order valence-electron chi connectivity index (χ0n) is 8.45. The maximum absolute atomic E-state index is 11.6. The van der Waals surface area contributed by atoms with Gasteiger partial charge in [-0.05, 0) is 6.42 Å². The first-order chi connectivity index (χ1) is 6.68. The quantitative estimate of drug-likeness (QED) is 0.704. The van der Waals surface area contributed by atoms with E-state index in [9.17, 15) is 4.79 Å². The van der Waals surface area contributed by atoms with Crippen LogP contribution in [-0.4, -0.2) is 41.0 Å². The summed E-state index contributed by atoms with van der Waals surface area (Å²) in [5.74, 6) is 0.759. The van der Waals surface area contributed by atoms with E-state index in [4.69, 9.17) is 0 Å². The van der Waals surface area contributed by atoms with Gasteiger partial charge < -0.3 is 14.8 Å². The molecule has 2 rings (SSSR count). The molecule has 76 valence electrons. The number of nitrogens with zero attached hydrogens (tertiary/aromatic N) is 3. The second kappa shape index (κ2) is 3.32. The summed E-state index contributed by atoms with van der Waals surface area (Å²) >= 11 is 0. The van der Waals surface area contributed by atoms with Crippen molar-refractivity contribution in [2.24, 2.45) is 0 Å². The number of aromatic nitrogens is 2. The Kier molecular flexibility index (Phi) is 2.15. The van der Waals surface area contributed by atoms with Crippen molar-refractivity contribution in [2.75, 3.05) is 26.0 Å². The highest BCUT2D eigenvalue weighted by Gasteiger charge is 2.17. The highest BCUT2D eigenvalue weighted by molar-refractivity contribution is 5.92. The number of anilines is 1. The Hall–Kier alpha value is -1.52. The van der Waals surface area contributed by atoms with Crippen LogP contribution in [0.2, 0.25) is 0 Å². The molecule has 1 aromatic heterocycles. The van der Waals surface area contributed by atoms with Crippen LogP contribution in [-0.2, 0) is 6.54 Å². The molecule has 1 amide bonds. The Labute approximate surface area is 82.7 Å². The van der Waals surface area contributed by atoms with Gasteiger partial charge in [-0.2, -0.15) is 0 Å². The number of carbonyl (C=O) groups is 1. The lowest BCUT2D eigenvalue weighted by atomic mass is 10.4. The maximum atomic E-state index is 11.6. The molecule has 0 aromatic carbocycles. The second-order valence-electron chi connectivity index (χ2n) is 3.62. The minimum atomic E-state index is -0.0475. The molecule has 0 unspecified atom stereocenters. The summed E-state index contributed by atoms with van der Waals surface area (Å²) < 4.78 is 1.99. The van der Waals surface area contributed by atoms with Crippen molar-refractivity contribution in [3.63, 3.8) is 0 Å². The van der Waals surface area contributed by atoms with Gasteiger partial charge in [-0.25, -0.2) is 4.98 Å². The summed E-state index contributed by atoms with van der Waals surface area (Å²) in [6.45, 7) is 1.88. The Morgan fingerprint density at radius 2 is 2.43 bits per heavy atom. The first-order valence-corrected chi connectivity index (χ1v) is 4.71. The van der Waals surface area contributed by atoms with E-state index in [-0.39, 0.29) is 5.91 Å². The Bertz CT molecular complexity index is 332. The van der Waals surface area contributed by atoms with Crippen molar-refractivity contribution in [3.8, 4) is 0 Å². The minimum absolute atomic E-state index is 0.0475. The highest BCUT2D eigenvalue weighted by Crippen LogP contribution is 2.14. The minimum Gasteiger partial charge on any atom is -0.356 e. The van der Waals surface area contributed by atoms with Gasteiger partial charge in [0.25, 0.3) is 5.91 Å². The van der Waals surface area contributed by atoms with Crippen LogP contribution in [0.4, 0.5) is 5.95 Å². The number of fused-ring (bicyclic) bond motifs is 1. The van der Waals surface area contributed by atoms with Crippen LogP contribution in [0.5, 0.6) is 0 Å². The van der Waals surface area contributed by atoms with Crippen molar-refractivity contribution in [1.29, 1.82) is 0 Å². The van der Waals surface area contributed by atoms with E-state index in [1.165, 1.54) is 4.90 Å². The predicted molar refractivity (Wildman–Crippen MR) is 53.4 cm³/mol. The Balaban J connectivity index is 2.28. The molecule has 0 aliphatic carbocycles. The average Bonchev–Trinajstić information content (AvgIpc) is 2.59. The van der Waals surface area contributed by atoms with Crippen molar-refractivity contribution in [3.05, 3.63) is 11.9 Å². The standard InChI is InChI=1S/C9H14N4O/c1-12(2)8(14)7-6-13-5-3-4-10-9(13)11-7/h6H,3-5H2,1-2H3,(H,10,11). The molecule has 5 nitrogen and oxygen atoms in total. The van der Waals surface area contributed by atoms with Crippen molar-refractivity contribution in [2.45, 2.75) is 13.0 Å². The number of carbonyl (C=O) groups excluding carboxylic acids is 1. The fraction of sp³-hybridized carbons (Fsp3) is 0.556. The summed E-state index contributed by atoms with van der Waals surface area (Å²) in [6.07, 6.45) is 2.89. The third kappa shape index (κ3) is 1.45. The zero-order chi connectivity index (χ0) is 10.1. The SMILES string of the molecule is CN(C)C(=O)c1cn2c(n1)NCCC2. The summed E-state index contributed by atoms with van der Waals surface area (Å²) in [4.78, 5) is 17.4. The smallest absolute Gasteiger partial charge is 0.273 e. The van der Waals surface area contributed by atoms with Gasteiger partial charge in [0.2, 0.25) is 5.95 Å². The summed E-state index contributed by atoms with van der Waals surface area (Å²) in [5, 5.41) is 3.16. The average molecular weight is 194 g/mol. The highest BCUT2D eigenvalue weighted by atomic mass is 16.2. The monoisotopic (exact) mass is 194 g/mol. The fourth-order valence-corrected chi connectivity index (χ4v) is 1.51. The molecule has 0 radical (unpaired) electrons. The van der Waals surface area contributed by atoms with Gasteiger partial charge in [0.15, 0.2) is 0 Å². The van der Waals surface area contributed by atoms with Crippen molar-refractivity contribution >= 4 is 11.9 Å². The molecule has 0 spiro atoms. The van der Waals surface area contributed by atoms with Crippen molar-refractivity contribution in [1.82, 2.24) is 14.5 Å². The molecule has 0 saturated carbocycles. The third-order valence-electron chi connectivity index (χ3n) is 2.26. The van der Waals surface area contributed by atoms with Crippen LogP contribution in [0, 0.1) is 0 Å². The molecule has 14 heavy (non-hydrogen) atoms. The van der Waals surface area contributed by atoms with Gasteiger partial charge in [0.05, 0.1) is 0 Å². The lowest BCUT2D eigenvalue weighted by molar-refractivity contribution is 0.0822. The van der Waals surface area contributed by atoms with E-state index in [1.807, 2.05) is 10.8 Å². The van der Waals surface area contributed by atoms with Gasteiger partial charge in [-0.15, -0.1) is 0 Å². The van der Waals surface area contributed by atoms with Gasteiger partial charge >= 0.3 is 0 Å². The van der Waals surface area contributed by atoms with Crippen LogP contribution in [0.3, 0.4) is 0 Å². The van der Waals surface area contributed by atoms with Crippen LogP contribution >= 0.6 is 0 Å². The lowest BCUT2D eigenvalue weighted by Crippen LogP contribution is -2.21. The van der Waals surface area contributed by atoms with Crippen LogP contribution in [0.25, 0.3) is 0 Å². The maximum Gasteiger partial charge on any atom is 0.273 e. The van der Waals surface area contributed by atoms with E-state index in [0.29, 0.717) is 5.69 Å². The van der Waals surface area contributed by atoms with E-state index in [2.05, 4.69) is 10.3 Å². The molecule has 1 aromatic rings. The second-order valence-corrected chi connectivity index (χ2v) is 3.62. The molecule has 0 saturated heterocycles. The van der Waals surface area contributed by atoms with E-state index < -0.39 is 0 Å². The Morgan fingerprint density at radius 3 is 3.07 bits per heavy atom. The van der Waals surface area contributed by atoms with E-state index in [0.717, 1.165) is 25.5 Å². The number of aryl methyl sites for hydroxylation is 1. The number of rotatable bonds is 1. The van der Waals surface area contributed by atoms with E-state index >= 15 is 0 Å². The first-order valence-electron chi connectivity index (χ1n) is 4.71. The molecule has 2 heterocycles. The molecule has 0 atom stereocenters.